The number of rotatable bonds is 7. The smallest absolute Gasteiger partial charge is 0.193 e. The van der Waals surface area contributed by atoms with Gasteiger partial charge in [0.2, 0.25) is 0 Å². The molecule has 2 rings (SSSR count). The van der Waals surface area contributed by atoms with E-state index in [-0.39, 0.29) is 24.0 Å². The van der Waals surface area contributed by atoms with E-state index in [1.54, 1.807) is 21.3 Å². The van der Waals surface area contributed by atoms with Crippen molar-refractivity contribution in [3.05, 3.63) is 17.7 Å². The summed E-state index contributed by atoms with van der Waals surface area (Å²) in [5.74, 6) is 3.25. The summed E-state index contributed by atoms with van der Waals surface area (Å²) in [6, 6.07) is 3.77. The van der Waals surface area contributed by atoms with Gasteiger partial charge in [0.25, 0.3) is 0 Å². The largest absolute Gasteiger partial charge is 0.496 e. The Morgan fingerprint density at radius 2 is 1.78 bits per heavy atom. The van der Waals surface area contributed by atoms with Crippen LogP contribution in [0, 0.1) is 5.41 Å². The molecule has 0 aliphatic carbocycles. The van der Waals surface area contributed by atoms with Gasteiger partial charge in [-0.15, -0.1) is 24.0 Å². The Balaban J connectivity index is 0.00000364. The van der Waals surface area contributed by atoms with Crippen molar-refractivity contribution in [2.45, 2.75) is 33.6 Å². The van der Waals surface area contributed by atoms with Crippen molar-refractivity contribution in [1.29, 1.82) is 0 Å². The Hall–Kier alpha value is -1.38. The van der Waals surface area contributed by atoms with Crippen LogP contribution in [0.1, 0.15) is 32.8 Å². The highest BCUT2D eigenvalue weighted by molar-refractivity contribution is 14.0. The van der Waals surface area contributed by atoms with Gasteiger partial charge in [-0.2, -0.15) is 0 Å². The zero-order valence-corrected chi connectivity index (χ0v) is 19.8. The van der Waals surface area contributed by atoms with Gasteiger partial charge in [0.1, 0.15) is 17.2 Å². The van der Waals surface area contributed by atoms with Crippen LogP contribution in [-0.2, 0) is 6.42 Å². The van der Waals surface area contributed by atoms with Crippen molar-refractivity contribution < 1.29 is 14.2 Å². The van der Waals surface area contributed by atoms with Crippen LogP contribution >= 0.6 is 24.0 Å². The molecular weight excluding hydrogens is 457 g/mol. The van der Waals surface area contributed by atoms with Gasteiger partial charge in [-0.1, -0.05) is 13.8 Å². The first kappa shape index (κ1) is 23.7. The van der Waals surface area contributed by atoms with Crippen LogP contribution in [0.3, 0.4) is 0 Å². The highest BCUT2D eigenvalue weighted by atomic mass is 127. The Kier molecular flexibility index (Phi) is 9.49. The van der Waals surface area contributed by atoms with Gasteiger partial charge in [0.05, 0.1) is 21.3 Å². The fourth-order valence-electron chi connectivity index (χ4n) is 3.32. The maximum atomic E-state index is 5.53. The van der Waals surface area contributed by atoms with Gasteiger partial charge < -0.3 is 24.4 Å². The van der Waals surface area contributed by atoms with Gasteiger partial charge in [-0.25, -0.2) is 0 Å². The molecule has 1 heterocycles. The molecule has 1 fully saturated rings. The summed E-state index contributed by atoms with van der Waals surface area (Å²) in [5.41, 5.74) is 1.36. The van der Waals surface area contributed by atoms with Gasteiger partial charge in [-0.3, -0.25) is 4.99 Å². The van der Waals surface area contributed by atoms with Crippen LogP contribution < -0.4 is 19.5 Å². The van der Waals surface area contributed by atoms with Crippen molar-refractivity contribution in [2.75, 3.05) is 47.5 Å². The second-order valence-electron chi connectivity index (χ2n) is 7.33. The van der Waals surface area contributed by atoms with Crippen LogP contribution in [0.25, 0.3) is 0 Å². The lowest BCUT2D eigenvalue weighted by molar-refractivity contribution is 0.367. The molecule has 0 aromatic heterocycles. The third-order valence-electron chi connectivity index (χ3n) is 4.75. The van der Waals surface area contributed by atoms with Crippen molar-refractivity contribution in [2.24, 2.45) is 10.4 Å². The maximum absolute atomic E-state index is 5.53. The lowest BCUT2D eigenvalue weighted by Crippen LogP contribution is -2.40. The molecule has 1 aromatic carbocycles. The molecule has 0 saturated carbocycles. The molecule has 1 aromatic rings. The molecule has 1 saturated heterocycles. The van der Waals surface area contributed by atoms with Crippen LogP contribution in [0.5, 0.6) is 17.2 Å². The molecule has 7 heteroatoms. The lowest BCUT2D eigenvalue weighted by atomic mass is 9.93. The van der Waals surface area contributed by atoms with E-state index in [1.807, 2.05) is 12.1 Å². The molecule has 27 heavy (non-hydrogen) atoms. The summed E-state index contributed by atoms with van der Waals surface area (Å²) in [7, 11) is 4.97. The average molecular weight is 491 g/mol. The van der Waals surface area contributed by atoms with Gasteiger partial charge in [0, 0.05) is 43.9 Å². The number of nitrogens with one attached hydrogen (secondary N) is 1. The fraction of sp³-hybridized carbons (Fsp3) is 0.650. The molecule has 0 unspecified atom stereocenters. The van der Waals surface area contributed by atoms with Gasteiger partial charge >= 0.3 is 0 Å². The normalized spacial score (nSPS) is 15.9. The first-order valence-electron chi connectivity index (χ1n) is 9.26. The monoisotopic (exact) mass is 491 g/mol. The quantitative estimate of drug-likeness (QED) is 0.359. The fourth-order valence-corrected chi connectivity index (χ4v) is 3.32. The van der Waals surface area contributed by atoms with Crippen molar-refractivity contribution in [1.82, 2.24) is 10.2 Å². The number of ether oxygens (including phenoxy) is 3. The lowest BCUT2D eigenvalue weighted by Gasteiger charge is -2.23. The van der Waals surface area contributed by atoms with E-state index in [0.29, 0.717) is 12.0 Å². The summed E-state index contributed by atoms with van der Waals surface area (Å²) in [4.78, 5) is 7.19. The Bertz CT molecular complexity index is 610. The van der Waals surface area contributed by atoms with Crippen LogP contribution in [-0.4, -0.2) is 58.4 Å². The van der Waals surface area contributed by atoms with Crippen LogP contribution in [0.4, 0.5) is 0 Å². The highest BCUT2D eigenvalue weighted by Crippen LogP contribution is 2.34. The standard InChI is InChI=1S/C20H33N3O3.HI/c1-7-21-19(23-11-9-20(2,3)14-23)22-10-8-16-17(25-5)12-15(24-4)13-18(16)26-6;/h12-13H,7-11,14H2,1-6H3,(H,21,22);1H. The van der Waals surface area contributed by atoms with E-state index in [2.05, 4.69) is 31.0 Å². The Labute approximate surface area is 180 Å². The third-order valence-corrected chi connectivity index (χ3v) is 4.75. The van der Waals surface area contributed by atoms with E-state index < -0.39 is 0 Å². The number of benzene rings is 1. The molecule has 0 atom stereocenters. The van der Waals surface area contributed by atoms with E-state index in [9.17, 15) is 0 Å². The summed E-state index contributed by atoms with van der Waals surface area (Å²) >= 11 is 0. The minimum absolute atomic E-state index is 0. The zero-order valence-electron chi connectivity index (χ0n) is 17.4. The number of likely N-dealkylation sites (tertiary alicyclic amines) is 1. The molecule has 6 nitrogen and oxygen atoms in total. The van der Waals surface area contributed by atoms with Gasteiger partial charge in [0.15, 0.2) is 5.96 Å². The van der Waals surface area contributed by atoms with E-state index in [0.717, 1.165) is 54.8 Å². The van der Waals surface area contributed by atoms with Crippen molar-refractivity contribution in [3.8, 4) is 17.2 Å². The summed E-state index contributed by atoms with van der Waals surface area (Å²) in [6.07, 6.45) is 1.93. The Morgan fingerprint density at radius 1 is 1.15 bits per heavy atom. The minimum Gasteiger partial charge on any atom is -0.496 e. The number of nitrogens with zero attached hydrogens (tertiary/aromatic N) is 2. The topological polar surface area (TPSA) is 55.3 Å². The van der Waals surface area contributed by atoms with Crippen LogP contribution in [0.15, 0.2) is 17.1 Å². The Morgan fingerprint density at radius 3 is 2.22 bits per heavy atom. The number of aliphatic imine (C=N–C) groups is 1. The number of halogens is 1. The number of guanidine groups is 1. The molecule has 1 aliphatic heterocycles. The van der Waals surface area contributed by atoms with Gasteiger partial charge in [-0.05, 0) is 25.2 Å². The summed E-state index contributed by atoms with van der Waals surface area (Å²) in [5, 5.41) is 3.42. The maximum Gasteiger partial charge on any atom is 0.193 e. The molecular formula is C20H34IN3O3. The third kappa shape index (κ3) is 6.33. The first-order chi connectivity index (χ1) is 12.4. The number of hydrogen-bond acceptors (Lipinski definition) is 4. The van der Waals surface area contributed by atoms with E-state index in [4.69, 9.17) is 19.2 Å². The highest BCUT2D eigenvalue weighted by Gasteiger charge is 2.30. The predicted molar refractivity (Wildman–Crippen MR) is 121 cm³/mol. The summed E-state index contributed by atoms with van der Waals surface area (Å²) < 4.78 is 16.4. The van der Waals surface area contributed by atoms with Crippen molar-refractivity contribution in [3.63, 3.8) is 0 Å². The number of methoxy groups -OCH3 is 3. The molecule has 0 bridgehead atoms. The SMILES string of the molecule is CCNC(=NCCc1c(OC)cc(OC)cc1OC)N1CCC(C)(C)C1.I. The average Bonchev–Trinajstić information content (AvgIpc) is 3.00. The molecule has 0 spiro atoms. The first-order valence-corrected chi connectivity index (χ1v) is 9.26. The molecule has 1 aliphatic rings. The number of hydrogen-bond donors (Lipinski definition) is 1. The zero-order chi connectivity index (χ0) is 19.2. The molecule has 1 N–H and O–H groups in total. The summed E-state index contributed by atoms with van der Waals surface area (Å²) in [6.45, 7) is 10.3. The predicted octanol–water partition coefficient (Wildman–Crippen LogP) is 3.57. The van der Waals surface area contributed by atoms with Crippen LogP contribution in [0.2, 0.25) is 0 Å². The van der Waals surface area contributed by atoms with E-state index >= 15 is 0 Å². The molecule has 0 amide bonds. The molecule has 0 radical (unpaired) electrons. The minimum atomic E-state index is 0. The van der Waals surface area contributed by atoms with E-state index in [1.165, 1.54) is 6.42 Å². The second kappa shape index (κ2) is 10.8. The van der Waals surface area contributed by atoms with Crippen molar-refractivity contribution >= 4 is 29.9 Å². The second-order valence-corrected chi connectivity index (χ2v) is 7.33. The molecule has 154 valence electrons.